The third-order valence-corrected chi connectivity index (χ3v) is 3.49. The maximum Gasteiger partial charge on any atom is 0.416 e. The number of nitrogens with zero attached hydrogens (tertiary/aromatic N) is 1. The van der Waals surface area contributed by atoms with Crippen molar-refractivity contribution in [3.63, 3.8) is 0 Å². The standard InChI is InChI=1S/C14H16F3N3S/c1-2-4-18-12-6-11(14(15,16)17)7-13(20-12)19-8-10-3-5-21-9-10/h3,5-7,9H,2,4,8H2,1H3,(H2,18,19,20). The summed E-state index contributed by atoms with van der Waals surface area (Å²) in [5.41, 5.74) is 0.311. The Morgan fingerprint density at radius 3 is 2.48 bits per heavy atom. The van der Waals surface area contributed by atoms with Crippen molar-refractivity contribution in [2.45, 2.75) is 26.1 Å². The van der Waals surface area contributed by atoms with Crippen LogP contribution in [0.1, 0.15) is 24.5 Å². The third kappa shape index (κ3) is 4.63. The van der Waals surface area contributed by atoms with E-state index in [1.54, 1.807) is 11.3 Å². The highest BCUT2D eigenvalue weighted by Gasteiger charge is 2.31. The zero-order valence-electron chi connectivity index (χ0n) is 11.5. The molecule has 0 saturated heterocycles. The number of aromatic nitrogens is 1. The number of hydrogen-bond acceptors (Lipinski definition) is 4. The molecule has 0 aliphatic rings. The van der Waals surface area contributed by atoms with Crippen molar-refractivity contribution >= 4 is 23.0 Å². The van der Waals surface area contributed by atoms with Gasteiger partial charge in [0.1, 0.15) is 11.6 Å². The maximum absolute atomic E-state index is 12.9. The topological polar surface area (TPSA) is 37.0 Å². The van der Waals surface area contributed by atoms with Crippen molar-refractivity contribution in [3.8, 4) is 0 Å². The molecule has 0 aromatic carbocycles. The second-order valence-corrected chi connectivity index (χ2v) is 5.32. The van der Waals surface area contributed by atoms with E-state index >= 15 is 0 Å². The van der Waals surface area contributed by atoms with Gasteiger partial charge in [-0.15, -0.1) is 0 Å². The van der Waals surface area contributed by atoms with Gasteiger partial charge in [-0.1, -0.05) is 6.92 Å². The van der Waals surface area contributed by atoms with Crippen LogP contribution in [-0.2, 0) is 12.7 Å². The van der Waals surface area contributed by atoms with Crippen LogP contribution in [0.3, 0.4) is 0 Å². The number of nitrogens with one attached hydrogen (secondary N) is 2. The smallest absolute Gasteiger partial charge is 0.370 e. The number of anilines is 2. The first-order chi connectivity index (χ1) is 9.99. The molecule has 0 spiro atoms. The van der Waals surface area contributed by atoms with E-state index in [0.29, 0.717) is 13.1 Å². The number of rotatable bonds is 6. The molecule has 2 N–H and O–H groups in total. The Balaban J connectivity index is 2.17. The zero-order valence-corrected chi connectivity index (χ0v) is 12.3. The lowest BCUT2D eigenvalue weighted by Crippen LogP contribution is -2.11. The SMILES string of the molecule is CCCNc1cc(C(F)(F)F)cc(NCc2ccsc2)n1. The fourth-order valence-electron chi connectivity index (χ4n) is 1.71. The van der Waals surface area contributed by atoms with Crippen molar-refractivity contribution in [2.75, 3.05) is 17.2 Å². The predicted octanol–water partition coefficient (Wildman–Crippen LogP) is 4.60. The Labute approximate surface area is 125 Å². The summed E-state index contributed by atoms with van der Waals surface area (Å²) in [5, 5.41) is 9.69. The van der Waals surface area contributed by atoms with Crippen LogP contribution in [0.15, 0.2) is 29.0 Å². The van der Waals surface area contributed by atoms with Crippen molar-refractivity contribution in [1.82, 2.24) is 4.98 Å². The lowest BCUT2D eigenvalue weighted by molar-refractivity contribution is -0.137. The Morgan fingerprint density at radius 2 is 1.90 bits per heavy atom. The molecule has 2 heterocycles. The monoisotopic (exact) mass is 315 g/mol. The summed E-state index contributed by atoms with van der Waals surface area (Å²) in [7, 11) is 0. The van der Waals surface area contributed by atoms with Crippen LogP contribution in [0.4, 0.5) is 24.8 Å². The summed E-state index contributed by atoms with van der Waals surface area (Å²) in [6.45, 7) is 2.97. The van der Waals surface area contributed by atoms with Crippen LogP contribution >= 0.6 is 11.3 Å². The van der Waals surface area contributed by atoms with Gasteiger partial charge in [0, 0.05) is 13.1 Å². The van der Waals surface area contributed by atoms with Crippen molar-refractivity contribution < 1.29 is 13.2 Å². The molecule has 0 aliphatic heterocycles. The number of pyridine rings is 1. The van der Waals surface area contributed by atoms with Gasteiger partial charge in [0.05, 0.1) is 5.56 Å². The van der Waals surface area contributed by atoms with Gasteiger partial charge in [-0.05, 0) is 40.9 Å². The first kappa shape index (κ1) is 15.6. The minimum Gasteiger partial charge on any atom is -0.370 e. The molecule has 114 valence electrons. The van der Waals surface area contributed by atoms with E-state index in [9.17, 15) is 13.2 Å². The third-order valence-electron chi connectivity index (χ3n) is 2.76. The lowest BCUT2D eigenvalue weighted by Gasteiger charge is -2.13. The predicted molar refractivity (Wildman–Crippen MR) is 79.7 cm³/mol. The number of thiophene rings is 1. The van der Waals surface area contributed by atoms with Crippen molar-refractivity contribution in [3.05, 3.63) is 40.1 Å². The van der Waals surface area contributed by atoms with E-state index in [0.717, 1.165) is 24.1 Å². The molecule has 0 amide bonds. The van der Waals surface area contributed by atoms with E-state index in [2.05, 4.69) is 15.6 Å². The maximum atomic E-state index is 12.9. The van der Waals surface area contributed by atoms with Gasteiger partial charge in [0.15, 0.2) is 0 Å². The molecule has 7 heteroatoms. The molecule has 3 nitrogen and oxygen atoms in total. The fraction of sp³-hybridized carbons (Fsp3) is 0.357. The lowest BCUT2D eigenvalue weighted by atomic mass is 10.2. The van der Waals surface area contributed by atoms with E-state index in [1.807, 2.05) is 23.8 Å². The second kappa shape index (κ2) is 6.80. The summed E-state index contributed by atoms with van der Waals surface area (Å²) >= 11 is 1.54. The van der Waals surface area contributed by atoms with Gasteiger partial charge in [0.2, 0.25) is 0 Å². The van der Waals surface area contributed by atoms with Gasteiger partial charge >= 0.3 is 6.18 Å². The van der Waals surface area contributed by atoms with Gasteiger partial charge in [-0.2, -0.15) is 24.5 Å². The first-order valence-corrected chi connectivity index (χ1v) is 7.51. The summed E-state index contributed by atoms with van der Waals surface area (Å²) in [6, 6.07) is 3.98. The van der Waals surface area contributed by atoms with Crippen molar-refractivity contribution in [1.29, 1.82) is 0 Å². The largest absolute Gasteiger partial charge is 0.416 e. The molecular weight excluding hydrogens is 299 g/mol. The number of halogens is 3. The molecule has 0 aliphatic carbocycles. The van der Waals surface area contributed by atoms with Crippen LogP contribution in [0.2, 0.25) is 0 Å². The minimum atomic E-state index is -4.38. The van der Waals surface area contributed by atoms with E-state index in [1.165, 1.54) is 0 Å². The van der Waals surface area contributed by atoms with Crippen LogP contribution in [-0.4, -0.2) is 11.5 Å². The number of alkyl halides is 3. The molecule has 2 rings (SSSR count). The fourth-order valence-corrected chi connectivity index (χ4v) is 2.38. The summed E-state index contributed by atoms with van der Waals surface area (Å²) < 4.78 is 38.7. The Kier molecular flexibility index (Phi) is 5.06. The highest BCUT2D eigenvalue weighted by Crippen LogP contribution is 2.32. The molecule has 0 bridgehead atoms. The molecule has 2 aromatic rings. The quantitative estimate of drug-likeness (QED) is 0.818. The van der Waals surface area contributed by atoms with Gasteiger partial charge < -0.3 is 10.6 Å². The van der Waals surface area contributed by atoms with Crippen LogP contribution < -0.4 is 10.6 Å². The number of hydrogen-bond donors (Lipinski definition) is 2. The normalized spacial score (nSPS) is 11.4. The highest BCUT2D eigenvalue weighted by molar-refractivity contribution is 7.07. The highest BCUT2D eigenvalue weighted by atomic mass is 32.1. The van der Waals surface area contributed by atoms with E-state index in [4.69, 9.17) is 0 Å². The molecule has 0 atom stereocenters. The van der Waals surface area contributed by atoms with Gasteiger partial charge in [-0.25, -0.2) is 4.98 Å². The summed E-state index contributed by atoms with van der Waals surface area (Å²) in [4.78, 5) is 4.17. The Morgan fingerprint density at radius 1 is 1.19 bits per heavy atom. The Hall–Kier alpha value is -1.76. The zero-order chi connectivity index (χ0) is 15.3. The van der Waals surface area contributed by atoms with Crippen LogP contribution in [0.5, 0.6) is 0 Å². The average Bonchev–Trinajstić information content (AvgIpc) is 2.95. The molecule has 0 unspecified atom stereocenters. The second-order valence-electron chi connectivity index (χ2n) is 4.54. The molecule has 21 heavy (non-hydrogen) atoms. The van der Waals surface area contributed by atoms with Gasteiger partial charge in [-0.3, -0.25) is 0 Å². The van der Waals surface area contributed by atoms with Gasteiger partial charge in [0.25, 0.3) is 0 Å². The summed E-state index contributed by atoms with van der Waals surface area (Å²) in [5.74, 6) is 0.453. The van der Waals surface area contributed by atoms with Crippen molar-refractivity contribution in [2.24, 2.45) is 0 Å². The molecule has 0 radical (unpaired) electrons. The minimum absolute atomic E-state index is 0.217. The Bertz CT molecular complexity index is 567. The molecule has 0 saturated carbocycles. The summed E-state index contributed by atoms with van der Waals surface area (Å²) in [6.07, 6.45) is -3.57. The first-order valence-electron chi connectivity index (χ1n) is 6.57. The average molecular weight is 315 g/mol. The molecule has 0 fully saturated rings. The molecule has 2 aromatic heterocycles. The molecular formula is C14H16F3N3S. The van der Waals surface area contributed by atoms with E-state index in [-0.39, 0.29) is 11.6 Å². The van der Waals surface area contributed by atoms with Crippen LogP contribution in [0.25, 0.3) is 0 Å². The van der Waals surface area contributed by atoms with Crippen LogP contribution in [0, 0.1) is 0 Å². The van der Waals surface area contributed by atoms with E-state index < -0.39 is 11.7 Å².